The van der Waals surface area contributed by atoms with Crippen LogP contribution in [0.4, 0.5) is 0 Å². The largest absolute Gasteiger partial charge is 0.348 e. The highest BCUT2D eigenvalue weighted by molar-refractivity contribution is 6.06. The van der Waals surface area contributed by atoms with E-state index in [9.17, 15) is 9.59 Å². The smallest absolute Gasteiger partial charge is 0.253 e. The van der Waals surface area contributed by atoms with Crippen LogP contribution in [0, 0.1) is 20.8 Å². The Morgan fingerprint density at radius 3 is 2.56 bits per heavy atom. The monoisotopic (exact) mass is 429 g/mol. The number of pyridine rings is 2. The summed E-state index contributed by atoms with van der Waals surface area (Å²) in [4.78, 5) is 33.3. The number of carbonyl (C=O) groups excluding carboxylic acids is 1. The van der Waals surface area contributed by atoms with E-state index in [0.717, 1.165) is 22.4 Å². The Bertz CT molecular complexity index is 1380. The SMILES string of the molecule is Cc1cc(C)c(CNC(=O)c2cc(-c3ccccc3C)nc3c2cnn3C(C)C)c(=O)[nH]1. The van der Waals surface area contributed by atoms with Gasteiger partial charge in [0, 0.05) is 29.4 Å². The second-order valence-corrected chi connectivity index (χ2v) is 8.42. The Balaban J connectivity index is 1.78. The molecular weight excluding hydrogens is 402 g/mol. The maximum Gasteiger partial charge on any atom is 0.253 e. The Morgan fingerprint density at radius 2 is 1.88 bits per heavy atom. The summed E-state index contributed by atoms with van der Waals surface area (Å²) in [6.45, 7) is 9.93. The molecule has 0 unspecified atom stereocenters. The highest BCUT2D eigenvalue weighted by atomic mass is 16.1. The van der Waals surface area contributed by atoms with Crippen LogP contribution in [0.15, 0.2) is 47.4 Å². The van der Waals surface area contributed by atoms with Gasteiger partial charge in [-0.2, -0.15) is 5.10 Å². The van der Waals surface area contributed by atoms with Crippen LogP contribution >= 0.6 is 0 Å². The summed E-state index contributed by atoms with van der Waals surface area (Å²) in [5.41, 5.74) is 5.90. The van der Waals surface area contributed by atoms with Crippen molar-refractivity contribution in [3.05, 3.63) is 80.9 Å². The minimum Gasteiger partial charge on any atom is -0.348 e. The molecule has 0 aliphatic rings. The second kappa shape index (κ2) is 8.42. The first-order valence-electron chi connectivity index (χ1n) is 10.7. The third-order valence-corrected chi connectivity index (χ3v) is 5.64. The van der Waals surface area contributed by atoms with Crippen LogP contribution in [-0.2, 0) is 6.54 Å². The van der Waals surface area contributed by atoms with Crippen molar-refractivity contribution < 1.29 is 4.79 Å². The van der Waals surface area contributed by atoms with Crippen LogP contribution in [0.2, 0.25) is 0 Å². The van der Waals surface area contributed by atoms with E-state index in [1.165, 1.54) is 0 Å². The van der Waals surface area contributed by atoms with E-state index >= 15 is 0 Å². The fourth-order valence-corrected chi connectivity index (χ4v) is 3.95. The van der Waals surface area contributed by atoms with Crippen molar-refractivity contribution in [2.45, 2.75) is 47.2 Å². The minimum absolute atomic E-state index is 0.0943. The molecule has 0 radical (unpaired) electrons. The molecule has 0 spiro atoms. The number of hydrogen-bond acceptors (Lipinski definition) is 4. The molecule has 0 fully saturated rings. The predicted molar refractivity (Wildman–Crippen MR) is 126 cm³/mol. The van der Waals surface area contributed by atoms with E-state index in [0.29, 0.717) is 27.9 Å². The van der Waals surface area contributed by atoms with Crippen molar-refractivity contribution in [2.75, 3.05) is 0 Å². The molecule has 4 aromatic rings. The lowest BCUT2D eigenvalue weighted by atomic mass is 10.0. The van der Waals surface area contributed by atoms with Crippen LogP contribution in [0.1, 0.15) is 52.6 Å². The number of aromatic amines is 1. The molecule has 4 rings (SSSR count). The number of H-pyrrole nitrogens is 1. The maximum absolute atomic E-state index is 13.3. The molecule has 0 aliphatic heterocycles. The molecule has 1 aromatic carbocycles. The van der Waals surface area contributed by atoms with Gasteiger partial charge in [-0.25, -0.2) is 9.67 Å². The fourth-order valence-electron chi connectivity index (χ4n) is 3.95. The molecule has 0 bridgehead atoms. The molecule has 0 saturated heterocycles. The summed E-state index contributed by atoms with van der Waals surface area (Å²) < 4.78 is 1.82. The molecule has 3 heterocycles. The Labute approximate surface area is 186 Å². The molecule has 0 aliphatic carbocycles. The number of carbonyl (C=O) groups is 1. The number of aryl methyl sites for hydroxylation is 3. The number of fused-ring (bicyclic) bond motifs is 1. The normalized spacial score (nSPS) is 11.3. The molecule has 32 heavy (non-hydrogen) atoms. The number of nitrogens with one attached hydrogen (secondary N) is 2. The second-order valence-electron chi connectivity index (χ2n) is 8.42. The van der Waals surface area contributed by atoms with Gasteiger partial charge in [-0.05, 0) is 57.9 Å². The summed E-state index contributed by atoms with van der Waals surface area (Å²) in [5.74, 6) is -0.269. The standard InChI is InChI=1S/C25H27N5O2/c1-14(2)30-23-21(13-27-30)19(11-22(29-23)18-9-7-6-8-15(18)3)24(31)26-12-20-16(4)10-17(5)28-25(20)32/h6-11,13-14H,12H2,1-5H3,(H,26,31)(H,28,32). The van der Waals surface area contributed by atoms with E-state index in [-0.39, 0.29) is 24.1 Å². The zero-order valence-corrected chi connectivity index (χ0v) is 19.0. The first kappa shape index (κ1) is 21.5. The van der Waals surface area contributed by atoms with Gasteiger partial charge in [-0.1, -0.05) is 24.3 Å². The lowest BCUT2D eigenvalue weighted by Crippen LogP contribution is -2.28. The van der Waals surface area contributed by atoms with Crippen molar-refractivity contribution in [1.29, 1.82) is 0 Å². The molecule has 0 atom stereocenters. The third kappa shape index (κ3) is 3.93. The number of amides is 1. The van der Waals surface area contributed by atoms with E-state index in [1.54, 1.807) is 12.3 Å². The molecule has 2 N–H and O–H groups in total. The zero-order valence-electron chi connectivity index (χ0n) is 19.0. The van der Waals surface area contributed by atoms with E-state index < -0.39 is 0 Å². The fraction of sp³-hybridized carbons (Fsp3) is 0.280. The Morgan fingerprint density at radius 1 is 1.12 bits per heavy atom. The summed E-state index contributed by atoms with van der Waals surface area (Å²) in [6.07, 6.45) is 1.68. The molecule has 7 heteroatoms. The number of nitrogens with zero attached hydrogens (tertiary/aromatic N) is 3. The van der Waals surface area contributed by atoms with Crippen molar-refractivity contribution in [3.8, 4) is 11.3 Å². The van der Waals surface area contributed by atoms with Crippen molar-refractivity contribution in [3.63, 3.8) is 0 Å². The number of rotatable bonds is 5. The molecule has 1 amide bonds. The van der Waals surface area contributed by atoms with Crippen molar-refractivity contribution >= 4 is 16.9 Å². The van der Waals surface area contributed by atoms with Gasteiger partial charge in [0.25, 0.3) is 11.5 Å². The van der Waals surface area contributed by atoms with Crippen LogP contribution < -0.4 is 10.9 Å². The van der Waals surface area contributed by atoms with Crippen molar-refractivity contribution in [1.82, 2.24) is 25.1 Å². The average Bonchev–Trinajstić information content (AvgIpc) is 3.16. The summed E-state index contributed by atoms with van der Waals surface area (Å²) in [7, 11) is 0. The summed E-state index contributed by atoms with van der Waals surface area (Å²) in [5, 5.41) is 8.07. The van der Waals surface area contributed by atoms with E-state index in [2.05, 4.69) is 15.4 Å². The zero-order chi connectivity index (χ0) is 23.0. The van der Waals surface area contributed by atoms with E-state index in [1.807, 2.05) is 69.6 Å². The Hall–Kier alpha value is -3.74. The van der Waals surface area contributed by atoms with Gasteiger partial charge in [0.05, 0.1) is 22.8 Å². The number of hydrogen-bond donors (Lipinski definition) is 2. The van der Waals surface area contributed by atoms with E-state index in [4.69, 9.17) is 4.98 Å². The van der Waals surface area contributed by atoms with Gasteiger partial charge in [0.15, 0.2) is 5.65 Å². The van der Waals surface area contributed by atoms with Crippen molar-refractivity contribution in [2.24, 2.45) is 0 Å². The molecule has 7 nitrogen and oxygen atoms in total. The topological polar surface area (TPSA) is 92.7 Å². The average molecular weight is 430 g/mol. The highest BCUT2D eigenvalue weighted by Crippen LogP contribution is 2.28. The lowest BCUT2D eigenvalue weighted by molar-refractivity contribution is 0.0952. The first-order chi connectivity index (χ1) is 15.3. The third-order valence-electron chi connectivity index (χ3n) is 5.64. The van der Waals surface area contributed by atoms with Crippen LogP contribution in [0.5, 0.6) is 0 Å². The molecule has 3 aromatic heterocycles. The number of benzene rings is 1. The first-order valence-corrected chi connectivity index (χ1v) is 10.7. The summed E-state index contributed by atoms with van der Waals surface area (Å²) in [6, 6.07) is 11.8. The minimum atomic E-state index is -0.269. The van der Waals surface area contributed by atoms with Gasteiger partial charge in [0.1, 0.15) is 0 Å². The van der Waals surface area contributed by atoms with Gasteiger partial charge in [-0.15, -0.1) is 0 Å². The van der Waals surface area contributed by atoms with Gasteiger partial charge in [0.2, 0.25) is 0 Å². The lowest BCUT2D eigenvalue weighted by Gasteiger charge is -2.13. The summed E-state index contributed by atoms with van der Waals surface area (Å²) >= 11 is 0. The predicted octanol–water partition coefficient (Wildman–Crippen LogP) is 4.22. The highest BCUT2D eigenvalue weighted by Gasteiger charge is 2.19. The Kier molecular flexibility index (Phi) is 5.65. The maximum atomic E-state index is 13.3. The van der Waals surface area contributed by atoms with Crippen LogP contribution in [0.3, 0.4) is 0 Å². The molecule has 0 saturated carbocycles. The van der Waals surface area contributed by atoms with Gasteiger partial charge < -0.3 is 10.3 Å². The van der Waals surface area contributed by atoms with Crippen LogP contribution in [-0.4, -0.2) is 25.7 Å². The molecule has 164 valence electrons. The van der Waals surface area contributed by atoms with Gasteiger partial charge >= 0.3 is 0 Å². The molecular formula is C25H27N5O2. The van der Waals surface area contributed by atoms with Gasteiger partial charge in [-0.3, -0.25) is 9.59 Å². The number of aromatic nitrogens is 4. The van der Waals surface area contributed by atoms with Crippen LogP contribution in [0.25, 0.3) is 22.3 Å². The quantitative estimate of drug-likeness (QED) is 0.497.